The number of hydrogen-bond donors (Lipinski definition) is 1. The van der Waals surface area contributed by atoms with Crippen LogP contribution in [0.3, 0.4) is 0 Å². The van der Waals surface area contributed by atoms with Gasteiger partial charge in [0.05, 0.1) is 5.69 Å². The maximum absolute atomic E-state index is 13.5. The third-order valence-electron chi connectivity index (χ3n) is 2.93. The van der Waals surface area contributed by atoms with E-state index in [0.717, 1.165) is 10.7 Å². The van der Waals surface area contributed by atoms with Crippen molar-refractivity contribution in [3.8, 4) is 5.69 Å². The second-order valence-corrected chi connectivity index (χ2v) is 4.81. The molecule has 7 heteroatoms. The predicted molar refractivity (Wildman–Crippen MR) is 71.0 cm³/mol. The SMILES string of the molecule is CSC1=NCc2nnc(CO)n2-c2ccc(F)cc21. The lowest BCUT2D eigenvalue weighted by Gasteiger charge is -2.11. The van der Waals surface area contributed by atoms with Crippen LogP contribution >= 0.6 is 11.8 Å². The molecule has 0 bridgehead atoms. The number of aromatic nitrogens is 3. The first kappa shape index (κ1) is 12.3. The molecular weight excluding hydrogens is 267 g/mol. The first-order valence-electron chi connectivity index (χ1n) is 5.67. The molecule has 0 fully saturated rings. The minimum Gasteiger partial charge on any atom is -0.388 e. The average molecular weight is 278 g/mol. The Hall–Kier alpha value is -1.73. The third kappa shape index (κ3) is 1.95. The van der Waals surface area contributed by atoms with Crippen LogP contribution < -0.4 is 0 Å². The van der Waals surface area contributed by atoms with Crippen molar-refractivity contribution >= 4 is 16.8 Å². The minimum atomic E-state index is -0.317. The van der Waals surface area contributed by atoms with Gasteiger partial charge in [0.1, 0.15) is 24.0 Å². The molecule has 1 aromatic heterocycles. The summed E-state index contributed by atoms with van der Waals surface area (Å²) in [5.41, 5.74) is 1.44. The highest BCUT2D eigenvalue weighted by atomic mass is 32.2. The van der Waals surface area contributed by atoms with Crippen molar-refractivity contribution in [2.45, 2.75) is 13.2 Å². The van der Waals surface area contributed by atoms with Gasteiger partial charge in [-0.25, -0.2) is 4.39 Å². The van der Waals surface area contributed by atoms with E-state index < -0.39 is 0 Å². The molecule has 0 amide bonds. The second kappa shape index (κ2) is 4.75. The van der Waals surface area contributed by atoms with Crippen molar-refractivity contribution < 1.29 is 9.50 Å². The molecule has 1 aliphatic heterocycles. The van der Waals surface area contributed by atoms with E-state index in [1.54, 1.807) is 10.6 Å². The Labute approximate surface area is 113 Å². The molecule has 98 valence electrons. The highest BCUT2D eigenvalue weighted by molar-refractivity contribution is 8.13. The molecule has 5 nitrogen and oxygen atoms in total. The lowest BCUT2D eigenvalue weighted by molar-refractivity contribution is 0.268. The molecule has 1 N–H and O–H groups in total. The maximum Gasteiger partial charge on any atom is 0.163 e. The Balaban J connectivity index is 2.31. The molecule has 0 saturated carbocycles. The zero-order valence-electron chi connectivity index (χ0n) is 10.2. The van der Waals surface area contributed by atoms with E-state index in [9.17, 15) is 9.50 Å². The van der Waals surface area contributed by atoms with Crippen LogP contribution in [0.4, 0.5) is 4.39 Å². The van der Waals surface area contributed by atoms with Gasteiger partial charge in [0, 0.05) is 5.56 Å². The van der Waals surface area contributed by atoms with Crippen LogP contribution in [0.25, 0.3) is 5.69 Å². The number of halogens is 1. The lowest BCUT2D eigenvalue weighted by Crippen LogP contribution is -2.07. The molecule has 0 spiro atoms. The fourth-order valence-electron chi connectivity index (χ4n) is 2.11. The quantitative estimate of drug-likeness (QED) is 0.859. The molecule has 0 atom stereocenters. The van der Waals surface area contributed by atoms with Crippen molar-refractivity contribution in [2.24, 2.45) is 4.99 Å². The highest BCUT2D eigenvalue weighted by Crippen LogP contribution is 2.26. The number of rotatable bonds is 1. The van der Waals surface area contributed by atoms with E-state index in [1.165, 1.54) is 23.9 Å². The van der Waals surface area contributed by atoms with E-state index >= 15 is 0 Å². The summed E-state index contributed by atoms with van der Waals surface area (Å²) in [7, 11) is 0. The van der Waals surface area contributed by atoms with Crippen molar-refractivity contribution in [1.82, 2.24) is 14.8 Å². The van der Waals surface area contributed by atoms with Crippen LogP contribution in [-0.4, -0.2) is 31.2 Å². The first-order valence-corrected chi connectivity index (χ1v) is 6.90. The molecule has 3 rings (SSSR count). The van der Waals surface area contributed by atoms with Crippen molar-refractivity contribution in [3.05, 3.63) is 41.2 Å². The summed E-state index contributed by atoms with van der Waals surface area (Å²) >= 11 is 1.46. The number of nitrogens with zero attached hydrogens (tertiary/aromatic N) is 4. The highest BCUT2D eigenvalue weighted by Gasteiger charge is 2.21. The van der Waals surface area contributed by atoms with Gasteiger partial charge in [-0.15, -0.1) is 22.0 Å². The third-order valence-corrected chi connectivity index (χ3v) is 3.66. The topological polar surface area (TPSA) is 63.3 Å². The Morgan fingerprint density at radius 2 is 2.26 bits per heavy atom. The van der Waals surface area contributed by atoms with Gasteiger partial charge in [-0.2, -0.15) is 0 Å². The smallest absolute Gasteiger partial charge is 0.163 e. The number of aliphatic imine (C=N–C) groups is 1. The monoisotopic (exact) mass is 278 g/mol. The molecule has 1 aromatic carbocycles. The Morgan fingerprint density at radius 1 is 1.42 bits per heavy atom. The molecule has 2 aromatic rings. The summed E-state index contributed by atoms with van der Waals surface area (Å²) in [6, 6.07) is 4.49. The van der Waals surface area contributed by atoms with Gasteiger partial charge in [0.2, 0.25) is 0 Å². The fourth-order valence-corrected chi connectivity index (χ4v) is 2.69. The van der Waals surface area contributed by atoms with Crippen molar-refractivity contribution in [2.75, 3.05) is 6.26 Å². The van der Waals surface area contributed by atoms with Gasteiger partial charge >= 0.3 is 0 Å². The molecule has 1 aliphatic rings. The average Bonchev–Trinajstić information content (AvgIpc) is 2.76. The van der Waals surface area contributed by atoms with E-state index in [4.69, 9.17) is 0 Å². The number of hydrogen-bond acceptors (Lipinski definition) is 5. The Kier molecular flexibility index (Phi) is 3.08. The van der Waals surface area contributed by atoms with Crippen LogP contribution in [0.15, 0.2) is 23.2 Å². The summed E-state index contributed by atoms with van der Waals surface area (Å²) in [5.74, 6) is 0.754. The second-order valence-electron chi connectivity index (χ2n) is 4.01. The molecule has 0 saturated heterocycles. The van der Waals surface area contributed by atoms with Crippen LogP contribution in [-0.2, 0) is 13.2 Å². The largest absolute Gasteiger partial charge is 0.388 e. The minimum absolute atomic E-state index is 0.224. The zero-order valence-corrected chi connectivity index (χ0v) is 11.0. The molecule has 0 aliphatic carbocycles. The molecule has 0 radical (unpaired) electrons. The van der Waals surface area contributed by atoms with Crippen molar-refractivity contribution in [3.63, 3.8) is 0 Å². The molecule has 2 heterocycles. The number of aliphatic hydroxyl groups excluding tert-OH is 1. The first-order chi connectivity index (χ1) is 9.24. The molecule has 19 heavy (non-hydrogen) atoms. The Morgan fingerprint density at radius 3 is 3.00 bits per heavy atom. The van der Waals surface area contributed by atoms with E-state index in [-0.39, 0.29) is 12.4 Å². The standard InChI is InChI=1S/C12H11FN4OS/c1-19-12-8-4-7(13)2-3-9(8)17-10(5-14-12)15-16-11(17)6-18/h2-4,18H,5-6H2,1H3. The van der Waals surface area contributed by atoms with Gasteiger partial charge in [0.15, 0.2) is 11.6 Å². The summed E-state index contributed by atoms with van der Waals surface area (Å²) in [6.45, 7) is 0.137. The molecule has 0 unspecified atom stereocenters. The van der Waals surface area contributed by atoms with Crippen LogP contribution in [0.1, 0.15) is 17.2 Å². The summed E-state index contributed by atoms with van der Waals surface area (Å²) in [4.78, 5) is 4.42. The summed E-state index contributed by atoms with van der Waals surface area (Å²) in [5, 5.41) is 18.0. The van der Waals surface area contributed by atoms with Gasteiger partial charge < -0.3 is 5.11 Å². The van der Waals surface area contributed by atoms with Gasteiger partial charge in [-0.3, -0.25) is 9.56 Å². The summed E-state index contributed by atoms with van der Waals surface area (Å²) in [6.07, 6.45) is 1.90. The Bertz CT molecular complexity index is 668. The maximum atomic E-state index is 13.5. The van der Waals surface area contributed by atoms with Gasteiger partial charge in [0.25, 0.3) is 0 Å². The normalized spacial score (nSPS) is 13.5. The van der Waals surface area contributed by atoms with E-state index in [2.05, 4.69) is 15.2 Å². The van der Waals surface area contributed by atoms with Crippen LogP contribution in [0, 0.1) is 5.82 Å². The van der Waals surface area contributed by atoms with Crippen LogP contribution in [0.2, 0.25) is 0 Å². The number of thioether (sulfide) groups is 1. The lowest BCUT2D eigenvalue weighted by atomic mass is 10.2. The van der Waals surface area contributed by atoms with Gasteiger partial charge in [-0.05, 0) is 24.5 Å². The number of fused-ring (bicyclic) bond motifs is 3. The zero-order chi connectivity index (χ0) is 13.4. The van der Waals surface area contributed by atoms with Crippen LogP contribution in [0.5, 0.6) is 0 Å². The molecular formula is C12H11FN4OS. The van der Waals surface area contributed by atoms with E-state index in [0.29, 0.717) is 23.8 Å². The predicted octanol–water partition coefficient (Wildman–Crippen LogP) is 1.52. The summed E-state index contributed by atoms with van der Waals surface area (Å²) < 4.78 is 15.2. The van der Waals surface area contributed by atoms with Crippen molar-refractivity contribution in [1.29, 1.82) is 0 Å². The fraction of sp³-hybridized carbons (Fsp3) is 0.250. The van der Waals surface area contributed by atoms with Gasteiger partial charge in [-0.1, -0.05) is 0 Å². The number of aliphatic hydroxyl groups is 1. The van der Waals surface area contributed by atoms with E-state index in [1.807, 2.05) is 6.26 Å². The number of benzene rings is 1.